The zero-order valence-corrected chi connectivity index (χ0v) is 11.7. The lowest BCUT2D eigenvalue weighted by Gasteiger charge is -2.27. The van der Waals surface area contributed by atoms with Gasteiger partial charge in [0, 0.05) is 19.2 Å². The number of hydrogen-bond acceptors (Lipinski definition) is 6. The summed E-state index contributed by atoms with van der Waals surface area (Å²) in [5.41, 5.74) is 5.78. The highest BCUT2D eigenvalue weighted by Gasteiger charge is 2.20. The highest BCUT2D eigenvalue weighted by molar-refractivity contribution is 6.01. The molecule has 1 aliphatic heterocycles. The molecule has 0 unspecified atom stereocenters. The third kappa shape index (κ3) is 3.59. The highest BCUT2D eigenvalue weighted by Crippen LogP contribution is 2.24. The summed E-state index contributed by atoms with van der Waals surface area (Å²) < 4.78 is 0. The number of nitrogens with zero attached hydrogens (tertiary/aromatic N) is 4. The number of oxime groups is 1. The molecule has 0 amide bonds. The molecule has 0 radical (unpaired) electrons. The Hall–Kier alpha value is -2.38. The predicted molar refractivity (Wildman–Crippen MR) is 78.7 cm³/mol. The standard InChI is InChI=1S/C13H19N5O3/c14-12(16-19)11-8-10(18(20)21)9-15-13(11)17-6-4-2-1-3-5-7-17/h8-9,19H,1-7H2,(H2,14,16). The number of hydrogen-bond donors (Lipinski definition) is 2. The molecule has 21 heavy (non-hydrogen) atoms. The van der Waals surface area contributed by atoms with Gasteiger partial charge in [0.1, 0.15) is 12.0 Å². The van der Waals surface area contributed by atoms with Gasteiger partial charge < -0.3 is 15.8 Å². The van der Waals surface area contributed by atoms with Crippen molar-refractivity contribution in [1.82, 2.24) is 4.98 Å². The number of nitrogens with two attached hydrogens (primary N) is 1. The van der Waals surface area contributed by atoms with Crippen LogP contribution in [0.5, 0.6) is 0 Å². The Balaban J connectivity index is 2.38. The predicted octanol–water partition coefficient (Wildman–Crippen LogP) is 1.85. The number of amidine groups is 1. The van der Waals surface area contributed by atoms with Crippen LogP contribution < -0.4 is 10.6 Å². The normalized spacial score (nSPS) is 17.1. The molecule has 0 aromatic carbocycles. The molecule has 1 aromatic rings. The Morgan fingerprint density at radius 1 is 1.33 bits per heavy atom. The first-order valence-corrected chi connectivity index (χ1v) is 7.00. The molecule has 8 nitrogen and oxygen atoms in total. The SMILES string of the molecule is NC(=NO)c1cc([N+](=O)[O-])cnc1N1CCCCCCC1. The first-order chi connectivity index (χ1) is 10.1. The average Bonchev–Trinajstić information content (AvgIpc) is 2.45. The fourth-order valence-electron chi connectivity index (χ4n) is 2.50. The van der Waals surface area contributed by atoms with E-state index in [0.29, 0.717) is 11.4 Å². The minimum atomic E-state index is -0.543. The molecule has 0 bridgehead atoms. The lowest BCUT2D eigenvalue weighted by Crippen LogP contribution is -2.30. The van der Waals surface area contributed by atoms with Gasteiger partial charge in [-0.3, -0.25) is 10.1 Å². The summed E-state index contributed by atoms with van der Waals surface area (Å²) in [5, 5.41) is 22.7. The van der Waals surface area contributed by atoms with E-state index >= 15 is 0 Å². The second-order valence-corrected chi connectivity index (χ2v) is 5.06. The third-order valence-electron chi connectivity index (χ3n) is 3.60. The second-order valence-electron chi connectivity index (χ2n) is 5.06. The molecular formula is C13H19N5O3. The molecule has 1 aliphatic rings. The van der Waals surface area contributed by atoms with Crippen LogP contribution in [0.2, 0.25) is 0 Å². The zero-order valence-electron chi connectivity index (χ0n) is 11.7. The fraction of sp³-hybridized carbons (Fsp3) is 0.538. The van der Waals surface area contributed by atoms with E-state index in [9.17, 15) is 10.1 Å². The molecule has 8 heteroatoms. The van der Waals surface area contributed by atoms with E-state index in [-0.39, 0.29) is 11.5 Å². The minimum absolute atomic E-state index is 0.164. The molecule has 2 heterocycles. The van der Waals surface area contributed by atoms with Crippen LogP contribution in [0.3, 0.4) is 0 Å². The molecule has 0 spiro atoms. The average molecular weight is 293 g/mol. The van der Waals surface area contributed by atoms with Crippen LogP contribution in [0.25, 0.3) is 0 Å². The number of nitro groups is 1. The van der Waals surface area contributed by atoms with Crippen LogP contribution in [0.4, 0.5) is 11.5 Å². The molecule has 0 saturated carbocycles. The first kappa shape index (κ1) is 15.0. The van der Waals surface area contributed by atoms with Crippen molar-refractivity contribution in [2.75, 3.05) is 18.0 Å². The van der Waals surface area contributed by atoms with Crippen molar-refractivity contribution in [3.05, 3.63) is 27.9 Å². The molecule has 1 saturated heterocycles. The lowest BCUT2D eigenvalue weighted by atomic mass is 10.1. The van der Waals surface area contributed by atoms with E-state index in [4.69, 9.17) is 10.9 Å². The fourth-order valence-corrected chi connectivity index (χ4v) is 2.50. The summed E-state index contributed by atoms with van der Waals surface area (Å²) in [6, 6.07) is 1.30. The van der Waals surface area contributed by atoms with E-state index in [0.717, 1.165) is 38.8 Å². The van der Waals surface area contributed by atoms with Crippen molar-refractivity contribution < 1.29 is 10.1 Å². The Labute approximate surface area is 122 Å². The van der Waals surface area contributed by atoms with E-state index in [1.807, 2.05) is 0 Å². The van der Waals surface area contributed by atoms with E-state index in [2.05, 4.69) is 15.0 Å². The topological polar surface area (TPSA) is 118 Å². The number of rotatable bonds is 3. The molecule has 0 aliphatic carbocycles. The zero-order chi connectivity index (χ0) is 15.2. The van der Waals surface area contributed by atoms with E-state index in [1.165, 1.54) is 18.7 Å². The maximum Gasteiger partial charge on any atom is 0.288 e. The Morgan fingerprint density at radius 2 is 1.95 bits per heavy atom. The monoisotopic (exact) mass is 293 g/mol. The van der Waals surface area contributed by atoms with Crippen LogP contribution in [-0.4, -0.2) is 34.0 Å². The van der Waals surface area contributed by atoms with Crippen LogP contribution in [0.1, 0.15) is 37.7 Å². The number of anilines is 1. The Morgan fingerprint density at radius 3 is 2.52 bits per heavy atom. The van der Waals surface area contributed by atoms with Crippen LogP contribution in [0, 0.1) is 10.1 Å². The van der Waals surface area contributed by atoms with Gasteiger partial charge in [0.25, 0.3) is 5.69 Å². The van der Waals surface area contributed by atoms with Gasteiger partial charge in [0.2, 0.25) is 0 Å². The van der Waals surface area contributed by atoms with Crippen LogP contribution >= 0.6 is 0 Å². The minimum Gasteiger partial charge on any atom is -0.409 e. The highest BCUT2D eigenvalue weighted by atomic mass is 16.6. The van der Waals surface area contributed by atoms with Gasteiger partial charge in [-0.25, -0.2) is 4.98 Å². The van der Waals surface area contributed by atoms with E-state index in [1.54, 1.807) is 0 Å². The van der Waals surface area contributed by atoms with Crippen molar-refractivity contribution in [2.45, 2.75) is 32.1 Å². The third-order valence-corrected chi connectivity index (χ3v) is 3.60. The van der Waals surface area contributed by atoms with E-state index < -0.39 is 4.92 Å². The van der Waals surface area contributed by atoms with Crippen molar-refractivity contribution >= 4 is 17.3 Å². The molecule has 114 valence electrons. The molecule has 2 rings (SSSR count). The van der Waals surface area contributed by atoms with Crippen LogP contribution in [-0.2, 0) is 0 Å². The quantitative estimate of drug-likeness (QED) is 0.289. The van der Waals surface area contributed by atoms with Gasteiger partial charge >= 0.3 is 0 Å². The van der Waals surface area contributed by atoms with Gasteiger partial charge in [0.05, 0.1) is 10.5 Å². The van der Waals surface area contributed by atoms with Gasteiger partial charge in [-0.15, -0.1) is 0 Å². The second kappa shape index (κ2) is 6.87. The summed E-state index contributed by atoms with van der Waals surface area (Å²) in [7, 11) is 0. The van der Waals surface area contributed by atoms with Crippen molar-refractivity contribution in [2.24, 2.45) is 10.9 Å². The maximum absolute atomic E-state index is 10.9. The van der Waals surface area contributed by atoms with Crippen molar-refractivity contribution in [3.63, 3.8) is 0 Å². The summed E-state index contributed by atoms with van der Waals surface area (Å²) >= 11 is 0. The first-order valence-electron chi connectivity index (χ1n) is 7.00. The van der Waals surface area contributed by atoms with Gasteiger partial charge in [-0.05, 0) is 12.8 Å². The lowest BCUT2D eigenvalue weighted by molar-refractivity contribution is -0.385. The number of aromatic nitrogens is 1. The number of pyridine rings is 1. The summed E-state index contributed by atoms with van der Waals surface area (Å²) in [4.78, 5) is 16.5. The Kier molecular flexibility index (Phi) is 4.91. The maximum atomic E-state index is 10.9. The smallest absolute Gasteiger partial charge is 0.288 e. The summed E-state index contributed by atoms with van der Waals surface area (Å²) in [6.07, 6.45) is 6.82. The largest absolute Gasteiger partial charge is 0.409 e. The molecule has 1 aromatic heterocycles. The van der Waals surface area contributed by atoms with Gasteiger partial charge in [-0.2, -0.15) is 0 Å². The van der Waals surface area contributed by atoms with Crippen molar-refractivity contribution in [1.29, 1.82) is 0 Å². The molecule has 0 atom stereocenters. The Bertz CT molecular complexity index is 539. The summed E-state index contributed by atoms with van der Waals surface area (Å²) in [5.74, 6) is 0.376. The molecule has 1 fully saturated rings. The van der Waals surface area contributed by atoms with Gasteiger partial charge in [0.15, 0.2) is 5.84 Å². The van der Waals surface area contributed by atoms with Crippen LogP contribution in [0.15, 0.2) is 17.4 Å². The van der Waals surface area contributed by atoms with Gasteiger partial charge in [-0.1, -0.05) is 24.4 Å². The van der Waals surface area contributed by atoms with Crippen molar-refractivity contribution in [3.8, 4) is 0 Å². The summed E-state index contributed by atoms with van der Waals surface area (Å²) in [6.45, 7) is 1.63. The molecule has 3 N–H and O–H groups in total. The molecular weight excluding hydrogens is 274 g/mol.